The van der Waals surface area contributed by atoms with E-state index in [1.54, 1.807) is 4.57 Å². The zero-order valence-electron chi connectivity index (χ0n) is 24.2. The van der Waals surface area contributed by atoms with Crippen molar-refractivity contribution in [1.82, 2.24) is 14.5 Å². The maximum Gasteiger partial charge on any atom is 0.351 e. The molecule has 1 unspecified atom stereocenters. The quantitative estimate of drug-likeness (QED) is 0.378. The Morgan fingerprint density at radius 2 is 1.71 bits per heavy atom. The summed E-state index contributed by atoms with van der Waals surface area (Å²) in [5.74, 6) is 0.595. The number of hydrogen-bond acceptors (Lipinski definition) is 7. The highest BCUT2D eigenvalue weighted by Crippen LogP contribution is 2.45. The minimum atomic E-state index is -0.412. The summed E-state index contributed by atoms with van der Waals surface area (Å²) in [7, 11) is 0. The summed E-state index contributed by atoms with van der Waals surface area (Å²) in [5, 5.41) is 3.43. The highest BCUT2D eigenvalue weighted by atomic mass is 16.5. The van der Waals surface area contributed by atoms with Gasteiger partial charge >= 0.3 is 11.7 Å². The van der Waals surface area contributed by atoms with E-state index in [0.717, 1.165) is 56.1 Å². The minimum absolute atomic E-state index is 0.277. The van der Waals surface area contributed by atoms with Crippen molar-refractivity contribution >= 4 is 23.7 Å². The summed E-state index contributed by atoms with van der Waals surface area (Å²) in [6.45, 7) is 10.6. The number of hydrogen-bond donors (Lipinski definition) is 1. The van der Waals surface area contributed by atoms with Gasteiger partial charge in [-0.1, -0.05) is 79.7 Å². The average molecular weight is 554 g/mol. The van der Waals surface area contributed by atoms with Crippen molar-refractivity contribution in [1.29, 1.82) is 0 Å². The van der Waals surface area contributed by atoms with Gasteiger partial charge < -0.3 is 15.0 Å². The largest absolute Gasteiger partial charge is 0.463 e. The molecule has 1 aromatic heterocycles. The van der Waals surface area contributed by atoms with Gasteiger partial charge in [-0.2, -0.15) is 4.98 Å². The van der Waals surface area contributed by atoms with E-state index < -0.39 is 5.92 Å². The molecular formula is C33H39N5O3. The number of nitrogens with zero attached hydrogens (tertiary/aromatic N) is 4. The van der Waals surface area contributed by atoms with Crippen LogP contribution in [0.2, 0.25) is 0 Å². The molecule has 8 heteroatoms. The summed E-state index contributed by atoms with van der Waals surface area (Å²) < 4.78 is 7.25. The van der Waals surface area contributed by atoms with Crippen LogP contribution >= 0.6 is 0 Å². The summed E-state index contributed by atoms with van der Waals surface area (Å²) in [6.07, 6.45) is 5.14. The van der Waals surface area contributed by atoms with Crippen molar-refractivity contribution < 1.29 is 9.53 Å². The fraction of sp³-hybridized carbons (Fsp3) is 0.364. The summed E-state index contributed by atoms with van der Waals surface area (Å²) in [5.41, 5.74) is 3.99. The Bertz CT molecular complexity index is 1470. The van der Waals surface area contributed by atoms with E-state index in [2.05, 4.69) is 44.4 Å². The van der Waals surface area contributed by atoms with Crippen LogP contribution in [0.1, 0.15) is 49.8 Å². The van der Waals surface area contributed by atoms with Crippen LogP contribution in [0.4, 0.5) is 11.6 Å². The summed E-state index contributed by atoms with van der Waals surface area (Å²) in [4.78, 5) is 36.1. The lowest BCUT2D eigenvalue weighted by molar-refractivity contribution is -0.138. The molecule has 8 nitrogen and oxygen atoms in total. The molecule has 1 fully saturated rings. The second-order valence-electron chi connectivity index (χ2n) is 10.5. The molecule has 2 aliphatic rings. The summed E-state index contributed by atoms with van der Waals surface area (Å²) >= 11 is 0. The van der Waals surface area contributed by atoms with Crippen molar-refractivity contribution in [2.45, 2.75) is 39.7 Å². The third-order valence-electron chi connectivity index (χ3n) is 7.71. The van der Waals surface area contributed by atoms with E-state index in [-0.39, 0.29) is 18.3 Å². The first kappa shape index (κ1) is 28.4. The molecule has 0 saturated carbocycles. The van der Waals surface area contributed by atoms with Crippen molar-refractivity contribution in [2.75, 3.05) is 49.5 Å². The fourth-order valence-corrected chi connectivity index (χ4v) is 5.74. The molecule has 3 aromatic rings. The zero-order valence-corrected chi connectivity index (χ0v) is 24.2. The van der Waals surface area contributed by atoms with E-state index in [9.17, 15) is 9.59 Å². The number of piperazine rings is 1. The molecule has 1 N–H and O–H groups in total. The van der Waals surface area contributed by atoms with Crippen molar-refractivity contribution in [3.8, 4) is 0 Å². The van der Waals surface area contributed by atoms with Gasteiger partial charge in [0.1, 0.15) is 11.6 Å². The number of allylic oxidation sites excluding steroid dienone is 1. The number of anilines is 2. The van der Waals surface area contributed by atoms with Gasteiger partial charge in [-0.15, -0.1) is 0 Å². The van der Waals surface area contributed by atoms with E-state index in [4.69, 9.17) is 4.74 Å². The standard InChI is InChI=1S/C33H39N5O3/c1-4-18-38-31-29(28(26-16-10-7-11-17-26)27(24(3)34-31)32(39)41-5-2)30(35-33(38)40)37-22-20-36(21-23-37)19-12-15-25-13-8-6-9-14-25/h6-17,28,34H,4-5,18-23H2,1-3H3/b15-12+. The van der Waals surface area contributed by atoms with Crippen LogP contribution in [0.25, 0.3) is 6.08 Å². The number of nitrogens with one attached hydrogen (secondary N) is 1. The Labute approximate surface area is 242 Å². The molecule has 0 radical (unpaired) electrons. The van der Waals surface area contributed by atoms with Crippen molar-refractivity contribution in [3.05, 3.63) is 105 Å². The zero-order chi connectivity index (χ0) is 28.8. The third kappa shape index (κ3) is 6.12. The number of esters is 1. The molecule has 2 aromatic carbocycles. The maximum atomic E-state index is 13.4. The SMILES string of the molecule is CCCn1c2c(c(N3CCN(C/C=C/c4ccccc4)CC3)nc1=O)C(c1ccccc1)C(C(=O)OCC)=C(C)N2. The number of ether oxygens (including phenoxy) is 1. The van der Waals surface area contributed by atoms with E-state index in [1.807, 2.05) is 69.3 Å². The molecule has 1 saturated heterocycles. The minimum Gasteiger partial charge on any atom is -0.463 e. The van der Waals surface area contributed by atoms with Crippen molar-refractivity contribution in [3.63, 3.8) is 0 Å². The lowest BCUT2D eigenvalue weighted by Crippen LogP contribution is -2.48. The Balaban J connectivity index is 1.51. The van der Waals surface area contributed by atoms with E-state index >= 15 is 0 Å². The smallest absolute Gasteiger partial charge is 0.351 e. The molecule has 2 aliphatic heterocycles. The Morgan fingerprint density at radius 3 is 2.37 bits per heavy atom. The number of benzene rings is 2. The third-order valence-corrected chi connectivity index (χ3v) is 7.71. The van der Waals surface area contributed by atoms with Crippen LogP contribution < -0.4 is 15.9 Å². The van der Waals surface area contributed by atoms with Gasteiger partial charge in [0, 0.05) is 50.5 Å². The molecule has 0 spiro atoms. The van der Waals surface area contributed by atoms with Crippen LogP contribution in [0.15, 0.2) is 82.8 Å². The van der Waals surface area contributed by atoms with Crippen LogP contribution in [0.5, 0.6) is 0 Å². The van der Waals surface area contributed by atoms with Gasteiger partial charge in [0.05, 0.1) is 18.1 Å². The van der Waals surface area contributed by atoms with Gasteiger partial charge in [0.25, 0.3) is 0 Å². The maximum absolute atomic E-state index is 13.4. The van der Waals surface area contributed by atoms with Gasteiger partial charge in [-0.25, -0.2) is 9.59 Å². The average Bonchev–Trinajstić information content (AvgIpc) is 2.99. The van der Waals surface area contributed by atoms with Crippen LogP contribution in [0, 0.1) is 0 Å². The molecule has 41 heavy (non-hydrogen) atoms. The fourth-order valence-electron chi connectivity index (χ4n) is 5.74. The first-order valence-corrected chi connectivity index (χ1v) is 14.5. The van der Waals surface area contributed by atoms with Gasteiger partial charge in [-0.3, -0.25) is 9.47 Å². The topological polar surface area (TPSA) is 79.7 Å². The number of rotatable bonds is 9. The molecule has 3 heterocycles. The molecule has 214 valence electrons. The van der Waals surface area contributed by atoms with E-state index in [1.165, 1.54) is 5.56 Å². The lowest BCUT2D eigenvalue weighted by Gasteiger charge is -2.39. The summed E-state index contributed by atoms with van der Waals surface area (Å²) in [6, 6.07) is 20.3. The number of carbonyl (C=O) groups excluding carboxylic acids is 1. The predicted octanol–water partition coefficient (Wildman–Crippen LogP) is 4.88. The van der Waals surface area contributed by atoms with Gasteiger partial charge in [0.15, 0.2) is 0 Å². The molecule has 5 rings (SSSR count). The molecule has 0 aliphatic carbocycles. The molecular weight excluding hydrogens is 514 g/mol. The predicted molar refractivity (Wildman–Crippen MR) is 164 cm³/mol. The second kappa shape index (κ2) is 13.0. The highest BCUT2D eigenvalue weighted by Gasteiger charge is 2.39. The number of fused-ring (bicyclic) bond motifs is 1. The Hall–Kier alpha value is -4.17. The lowest BCUT2D eigenvalue weighted by atomic mass is 9.81. The Kier molecular flexibility index (Phi) is 8.99. The second-order valence-corrected chi connectivity index (χ2v) is 10.5. The van der Waals surface area contributed by atoms with Crippen LogP contribution in [-0.4, -0.2) is 59.8 Å². The first-order chi connectivity index (χ1) is 20.0. The highest BCUT2D eigenvalue weighted by molar-refractivity contribution is 5.95. The van der Waals surface area contributed by atoms with Gasteiger partial charge in [0.2, 0.25) is 0 Å². The number of carbonyl (C=O) groups is 1. The van der Waals surface area contributed by atoms with Crippen molar-refractivity contribution in [2.24, 2.45) is 0 Å². The molecule has 1 atom stereocenters. The molecule has 0 amide bonds. The first-order valence-electron chi connectivity index (χ1n) is 14.5. The van der Waals surface area contributed by atoms with Crippen LogP contribution in [0.3, 0.4) is 0 Å². The normalized spacial score (nSPS) is 17.4. The van der Waals surface area contributed by atoms with Gasteiger partial charge in [-0.05, 0) is 31.4 Å². The Morgan fingerprint density at radius 1 is 1.02 bits per heavy atom. The molecule has 0 bridgehead atoms. The number of aromatic nitrogens is 2. The van der Waals surface area contributed by atoms with Crippen LogP contribution in [-0.2, 0) is 16.1 Å². The monoisotopic (exact) mass is 553 g/mol. The van der Waals surface area contributed by atoms with E-state index in [0.29, 0.717) is 23.6 Å².